The highest BCUT2D eigenvalue weighted by atomic mass is 16.6. The number of aromatic nitrogens is 1. The Morgan fingerprint density at radius 1 is 1.42 bits per heavy atom. The Bertz CT molecular complexity index is 564. The molecule has 1 aromatic rings. The van der Waals surface area contributed by atoms with Gasteiger partial charge in [-0.05, 0) is 22.9 Å². The number of allylic oxidation sites excluding steroid dienone is 3. The van der Waals surface area contributed by atoms with E-state index in [1.54, 1.807) is 19.1 Å². The molecule has 1 aromatic heterocycles. The molecule has 0 unspecified atom stereocenters. The van der Waals surface area contributed by atoms with Crippen molar-refractivity contribution in [1.29, 1.82) is 0 Å². The van der Waals surface area contributed by atoms with Crippen molar-refractivity contribution in [3.05, 3.63) is 58.3 Å². The summed E-state index contributed by atoms with van der Waals surface area (Å²) in [7, 11) is 0. The van der Waals surface area contributed by atoms with Crippen LogP contribution < -0.4 is 5.32 Å². The highest BCUT2D eigenvalue weighted by Crippen LogP contribution is 2.08. The Balaban J connectivity index is 2.76. The summed E-state index contributed by atoms with van der Waals surface area (Å²) >= 11 is 0. The van der Waals surface area contributed by atoms with Crippen LogP contribution >= 0.6 is 0 Å². The van der Waals surface area contributed by atoms with Gasteiger partial charge in [-0.3, -0.25) is 14.9 Å². The standard InChI is InChI=1S/C12H11N3O4/c1-2-3-4-5-11(16)14-12(17)9-6-7-13-10(8-9)15(18)19/h2-8H,1H3,(H,14,16,17)/b3-2+,5-4+. The summed E-state index contributed by atoms with van der Waals surface area (Å²) in [6.45, 7) is 1.78. The van der Waals surface area contributed by atoms with Gasteiger partial charge in [-0.25, -0.2) is 0 Å². The first-order valence-corrected chi connectivity index (χ1v) is 5.29. The maximum Gasteiger partial charge on any atom is 0.364 e. The SMILES string of the molecule is C/C=C/C=C/C(=O)NC(=O)c1ccnc([N+](=O)[O-])c1. The second-order valence-electron chi connectivity index (χ2n) is 3.36. The average molecular weight is 261 g/mol. The molecule has 7 heteroatoms. The van der Waals surface area contributed by atoms with Crippen LogP contribution in [-0.4, -0.2) is 21.7 Å². The quantitative estimate of drug-likeness (QED) is 0.381. The second kappa shape index (κ2) is 6.80. The van der Waals surface area contributed by atoms with E-state index < -0.39 is 22.6 Å². The van der Waals surface area contributed by atoms with Crippen molar-refractivity contribution in [3.8, 4) is 0 Å². The van der Waals surface area contributed by atoms with Gasteiger partial charge in [-0.2, -0.15) is 0 Å². The molecule has 0 spiro atoms. The zero-order valence-electron chi connectivity index (χ0n) is 10.1. The second-order valence-corrected chi connectivity index (χ2v) is 3.36. The molecule has 0 fully saturated rings. The lowest BCUT2D eigenvalue weighted by atomic mass is 10.2. The monoisotopic (exact) mass is 261 g/mol. The summed E-state index contributed by atoms with van der Waals surface area (Å²) in [5.41, 5.74) is -0.00511. The Morgan fingerprint density at radius 3 is 2.79 bits per heavy atom. The van der Waals surface area contributed by atoms with E-state index in [4.69, 9.17) is 0 Å². The van der Waals surface area contributed by atoms with E-state index in [1.165, 1.54) is 18.2 Å². The molecule has 0 atom stereocenters. The predicted octanol–water partition coefficient (Wildman–Crippen LogP) is 1.38. The molecule has 0 saturated carbocycles. The normalized spacial score (nSPS) is 10.8. The van der Waals surface area contributed by atoms with E-state index in [0.29, 0.717) is 0 Å². The van der Waals surface area contributed by atoms with Crippen LogP contribution in [0.15, 0.2) is 42.6 Å². The molecule has 7 nitrogen and oxygen atoms in total. The maximum atomic E-state index is 11.6. The smallest absolute Gasteiger partial charge is 0.358 e. The number of carbonyl (C=O) groups is 2. The van der Waals surface area contributed by atoms with Crippen LogP contribution in [0.1, 0.15) is 17.3 Å². The van der Waals surface area contributed by atoms with Crippen molar-refractivity contribution in [1.82, 2.24) is 10.3 Å². The van der Waals surface area contributed by atoms with Crippen molar-refractivity contribution < 1.29 is 14.5 Å². The summed E-state index contributed by atoms with van der Waals surface area (Å²) in [4.78, 5) is 36.2. The van der Waals surface area contributed by atoms with Crippen LogP contribution in [0, 0.1) is 10.1 Å². The van der Waals surface area contributed by atoms with E-state index in [1.807, 2.05) is 0 Å². The fourth-order valence-electron chi connectivity index (χ4n) is 1.14. The lowest BCUT2D eigenvalue weighted by Gasteiger charge is -2.00. The molecule has 98 valence electrons. The molecule has 0 aliphatic rings. The molecule has 0 aliphatic carbocycles. The van der Waals surface area contributed by atoms with Gasteiger partial charge in [0.1, 0.15) is 6.20 Å². The molecule has 0 radical (unpaired) electrons. The fraction of sp³-hybridized carbons (Fsp3) is 0.0833. The molecule has 0 aliphatic heterocycles. The minimum atomic E-state index is -0.722. The number of hydrogen-bond donors (Lipinski definition) is 1. The largest absolute Gasteiger partial charge is 0.364 e. The summed E-state index contributed by atoms with van der Waals surface area (Å²) in [6, 6.07) is 2.28. The van der Waals surface area contributed by atoms with E-state index in [9.17, 15) is 19.7 Å². The lowest BCUT2D eigenvalue weighted by molar-refractivity contribution is -0.389. The highest BCUT2D eigenvalue weighted by molar-refractivity contribution is 6.08. The van der Waals surface area contributed by atoms with Crippen LogP contribution in [-0.2, 0) is 4.79 Å². The van der Waals surface area contributed by atoms with Crippen LogP contribution in [0.2, 0.25) is 0 Å². The number of rotatable bonds is 4. The van der Waals surface area contributed by atoms with Crippen molar-refractivity contribution in [2.24, 2.45) is 0 Å². The number of amides is 2. The van der Waals surface area contributed by atoms with Crippen LogP contribution in [0.5, 0.6) is 0 Å². The number of carbonyl (C=O) groups excluding carboxylic acids is 2. The maximum absolute atomic E-state index is 11.6. The van der Waals surface area contributed by atoms with Gasteiger partial charge in [0.15, 0.2) is 0 Å². The van der Waals surface area contributed by atoms with Crippen molar-refractivity contribution in [2.45, 2.75) is 6.92 Å². The third-order valence-electron chi connectivity index (χ3n) is 1.98. The van der Waals surface area contributed by atoms with Crippen molar-refractivity contribution >= 4 is 17.6 Å². The fourth-order valence-corrected chi connectivity index (χ4v) is 1.14. The first kappa shape index (κ1) is 14.2. The van der Waals surface area contributed by atoms with E-state index in [2.05, 4.69) is 10.3 Å². The van der Waals surface area contributed by atoms with Crippen LogP contribution in [0.25, 0.3) is 0 Å². The molecular weight excluding hydrogens is 250 g/mol. The van der Waals surface area contributed by atoms with Crippen LogP contribution in [0.4, 0.5) is 5.82 Å². The van der Waals surface area contributed by atoms with Gasteiger partial charge in [0.25, 0.3) is 11.8 Å². The molecule has 19 heavy (non-hydrogen) atoms. The van der Waals surface area contributed by atoms with Gasteiger partial charge in [0, 0.05) is 12.1 Å². The Hall–Kier alpha value is -2.83. The van der Waals surface area contributed by atoms with Gasteiger partial charge in [-0.15, -0.1) is 0 Å². The number of nitrogens with one attached hydrogen (secondary N) is 1. The number of nitrogens with zero attached hydrogens (tertiary/aromatic N) is 2. The third-order valence-corrected chi connectivity index (χ3v) is 1.98. The van der Waals surface area contributed by atoms with E-state index in [0.717, 1.165) is 12.3 Å². The Morgan fingerprint density at radius 2 is 2.16 bits per heavy atom. The van der Waals surface area contributed by atoms with Crippen LogP contribution in [0.3, 0.4) is 0 Å². The predicted molar refractivity (Wildman–Crippen MR) is 67.3 cm³/mol. The summed E-state index contributed by atoms with van der Waals surface area (Å²) in [6.07, 6.45) is 7.12. The molecular formula is C12H11N3O4. The number of imide groups is 1. The molecule has 0 saturated heterocycles. The minimum Gasteiger partial charge on any atom is -0.358 e. The van der Waals surface area contributed by atoms with Gasteiger partial charge in [-0.1, -0.05) is 18.2 Å². The average Bonchev–Trinajstić information content (AvgIpc) is 2.39. The summed E-state index contributed by atoms with van der Waals surface area (Å²) < 4.78 is 0. The molecule has 1 N–H and O–H groups in total. The molecule has 1 heterocycles. The number of nitro groups is 1. The first-order valence-electron chi connectivity index (χ1n) is 5.29. The summed E-state index contributed by atoms with van der Waals surface area (Å²) in [5.74, 6) is -1.78. The third kappa shape index (κ3) is 4.50. The lowest BCUT2D eigenvalue weighted by Crippen LogP contribution is -2.28. The van der Waals surface area contributed by atoms with Gasteiger partial charge in [0.2, 0.25) is 0 Å². The van der Waals surface area contributed by atoms with Gasteiger partial charge >= 0.3 is 5.82 Å². The molecule has 0 bridgehead atoms. The topological polar surface area (TPSA) is 102 Å². The zero-order valence-corrected chi connectivity index (χ0v) is 10.1. The van der Waals surface area contributed by atoms with Gasteiger partial charge < -0.3 is 10.1 Å². The number of hydrogen-bond acceptors (Lipinski definition) is 5. The number of pyridine rings is 1. The Kier molecular flexibility index (Phi) is 5.09. The molecule has 1 rings (SSSR count). The van der Waals surface area contributed by atoms with Crippen molar-refractivity contribution in [3.63, 3.8) is 0 Å². The summed E-state index contributed by atoms with van der Waals surface area (Å²) in [5, 5.41) is 12.6. The Labute approximate surface area is 108 Å². The first-order chi connectivity index (χ1) is 9.04. The molecule has 0 aromatic carbocycles. The van der Waals surface area contributed by atoms with E-state index in [-0.39, 0.29) is 5.56 Å². The van der Waals surface area contributed by atoms with E-state index >= 15 is 0 Å². The zero-order chi connectivity index (χ0) is 14.3. The van der Waals surface area contributed by atoms with Gasteiger partial charge in [0.05, 0.1) is 5.56 Å². The van der Waals surface area contributed by atoms with Crippen molar-refractivity contribution in [2.75, 3.05) is 0 Å². The highest BCUT2D eigenvalue weighted by Gasteiger charge is 2.13. The minimum absolute atomic E-state index is 0.00511. The molecule has 2 amide bonds.